The fourth-order valence-corrected chi connectivity index (χ4v) is 2.29. The van der Waals surface area contributed by atoms with Crippen LogP contribution in [0.1, 0.15) is 36.5 Å². The zero-order valence-electron chi connectivity index (χ0n) is 9.81. The van der Waals surface area contributed by atoms with Gasteiger partial charge in [0.1, 0.15) is 11.4 Å². The number of nitrogens with one attached hydrogen (secondary N) is 1. The molecule has 4 N–H and O–H groups in total. The van der Waals surface area contributed by atoms with Crippen LogP contribution in [0.25, 0.3) is 0 Å². The number of carboxylic acid groups (broad SMARTS) is 1. The second-order valence-corrected chi connectivity index (χ2v) is 4.63. The Morgan fingerprint density at radius 3 is 2.94 bits per heavy atom. The van der Waals surface area contributed by atoms with E-state index >= 15 is 0 Å². The summed E-state index contributed by atoms with van der Waals surface area (Å²) < 4.78 is 0. The average Bonchev–Trinajstić information content (AvgIpc) is 2.67. The van der Waals surface area contributed by atoms with Crippen LogP contribution >= 0.6 is 0 Å². The Kier molecular flexibility index (Phi) is 3.17. The van der Waals surface area contributed by atoms with E-state index in [1.165, 1.54) is 25.1 Å². The number of carbonyl (C=O) groups is 1. The van der Waals surface area contributed by atoms with Crippen molar-refractivity contribution in [3.8, 4) is 0 Å². The lowest BCUT2D eigenvalue weighted by molar-refractivity contribution is 0.0697. The number of pyridine rings is 1. The van der Waals surface area contributed by atoms with Crippen LogP contribution in [-0.2, 0) is 0 Å². The zero-order valence-corrected chi connectivity index (χ0v) is 9.81. The Hall–Kier alpha value is -1.78. The van der Waals surface area contributed by atoms with Gasteiger partial charge in [0.2, 0.25) is 0 Å². The predicted octanol–water partition coefficient (Wildman–Crippen LogP) is 1.96. The first-order chi connectivity index (χ1) is 8.08. The number of aromatic nitrogens is 1. The summed E-state index contributed by atoms with van der Waals surface area (Å²) in [5.41, 5.74) is 6.06. The van der Waals surface area contributed by atoms with Crippen molar-refractivity contribution in [2.75, 3.05) is 11.1 Å². The summed E-state index contributed by atoms with van der Waals surface area (Å²) in [5.74, 6) is -0.0283. The van der Waals surface area contributed by atoms with E-state index in [0.717, 1.165) is 6.42 Å². The van der Waals surface area contributed by atoms with Crippen molar-refractivity contribution in [2.24, 2.45) is 5.92 Å². The maximum atomic E-state index is 11.1. The molecule has 1 saturated carbocycles. The van der Waals surface area contributed by atoms with Crippen molar-refractivity contribution in [2.45, 2.75) is 32.2 Å². The topological polar surface area (TPSA) is 88.2 Å². The third-order valence-electron chi connectivity index (χ3n) is 3.32. The molecule has 1 heterocycles. The minimum Gasteiger partial charge on any atom is -0.478 e. The molecule has 0 amide bonds. The molecule has 0 spiro atoms. The van der Waals surface area contributed by atoms with E-state index in [4.69, 9.17) is 10.8 Å². The lowest BCUT2D eigenvalue weighted by Crippen LogP contribution is -2.24. The van der Waals surface area contributed by atoms with Crippen LogP contribution in [0.5, 0.6) is 0 Å². The molecule has 92 valence electrons. The van der Waals surface area contributed by atoms with Gasteiger partial charge in [-0.1, -0.05) is 13.3 Å². The number of carboxylic acids is 1. The van der Waals surface area contributed by atoms with Gasteiger partial charge in [-0.15, -0.1) is 0 Å². The fraction of sp³-hybridized carbons (Fsp3) is 0.500. The number of hydrogen-bond donors (Lipinski definition) is 3. The molecule has 0 radical (unpaired) electrons. The number of hydrogen-bond acceptors (Lipinski definition) is 4. The van der Waals surface area contributed by atoms with Crippen molar-refractivity contribution in [3.63, 3.8) is 0 Å². The molecule has 5 heteroatoms. The van der Waals surface area contributed by atoms with Crippen LogP contribution in [0.3, 0.4) is 0 Å². The molecule has 5 nitrogen and oxygen atoms in total. The number of nitrogens with zero attached hydrogens (tertiary/aromatic N) is 1. The van der Waals surface area contributed by atoms with Gasteiger partial charge < -0.3 is 16.2 Å². The smallest absolute Gasteiger partial charge is 0.339 e. The third-order valence-corrected chi connectivity index (χ3v) is 3.32. The molecule has 2 atom stereocenters. The van der Waals surface area contributed by atoms with Crippen LogP contribution in [0.15, 0.2) is 12.3 Å². The van der Waals surface area contributed by atoms with Crippen molar-refractivity contribution in [1.29, 1.82) is 0 Å². The SMILES string of the molecule is CC1CCCC1Nc1ncc(N)cc1C(=O)O. The summed E-state index contributed by atoms with van der Waals surface area (Å²) in [6, 6.07) is 1.75. The Bertz CT molecular complexity index is 434. The minimum absolute atomic E-state index is 0.143. The second-order valence-electron chi connectivity index (χ2n) is 4.63. The highest BCUT2D eigenvalue weighted by Gasteiger charge is 2.25. The Morgan fingerprint density at radius 2 is 2.35 bits per heavy atom. The molecule has 1 fully saturated rings. The number of aromatic carboxylic acids is 1. The number of nitrogens with two attached hydrogens (primary N) is 1. The van der Waals surface area contributed by atoms with Gasteiger partial charge in [-0.05, 0) is 24.8 Å². The normalized spacial score (nSPS) is 23.6. The number of nitrogen functional groups attached to an aromatic ring is 1. The molecule has 17 heavy (non-hydrogen) atoms. The fourth-order valence-electron chi connectivity index (χ4n) is 2.29. The first-order valence-electron chi connectivity index (χ1n) is 5.83. The molecule has 0 aromatic carbocycles. The first kappa shape index (κ1) is 11.7. The lowest BCUT2D eigenvalue weighted by atomic mass is 10.1. The third kappa shape index (κ3) is 2.49. The van der Waals surface area contributed by atoms with E-state index in [1.54, 1.807) is 0 Å². The summed E-state index contributed by atoms with van der Waals surface area (Å²) in [6.45, 7) is 2.17. The number of anilines is 2. The van der Waals surface area contributed by atoms with Gasteiger partial charge in [0.15, 0.2) is 0 Å². The Labute approximate surface area is 100 Å². The van der Waals surface area contributed by atoms with Crippen molar-refractivity contribution < 1.29 is 9.90 Å². The van der Waals surface area contributed by atoms with E-state index < -0.39 is 5.97 Å². The van der Waals surface area contributed by atoms with Crippen LogP contribution in [0.2, 0.25) is 0 Å². The molecule has 0 aliphatic heterocycles. The van der Waals surface area contributed by atoms with Gasteiger partial charge in [0.25, 0.3) is 0 Å². The molecule has 0 saturated heterocycles. The van der Waals surface area contributed by atoms with E-state index in [2.05, 4.69) is 17.2 Å². The highest BCUT2D eigenvalue weighted by molar-refractivity contribution is 5.94. The highest BCUT2D eigenvalue weighted by Crippen LogP contribution is 2.28. The Morgan fingerprint density at radius 1 is 1.59 bits per heavy atom. The molecule has 1 aliphatic carbocycles. The van der Waals surface area contributed by atoms with E-state index in [1.807, 2.05) is 0 Å². The maximum absolute atomic E-state index is 11.1. The quantitative estimate of drug-likeness (QED) is 0.745. The van der Waals surface area contributed by atoms with Crippen LogP contribution < -0.4 is 11.1 Å². The Balaban J connectivity index is 2.22. The molecule has 0 bridgehead atoms. The first-order valence-corrected chi connectivity index (χ1v) is 5.83. The van der Waals surface area contributed by atoms with Gasteiger partial charge in [0, 0.05) is 6.04 Å². The molecular weight excluding hydrogens is 218 g/mol. The van der Waals surface area contributed by atoms with Crippen molar-refractivity contribution in [1.82, 2.24) is 4.98 Å². The standard InChI is InChI=1S/C12H17N3O2/c1-7-3-2-4-10(7)15-11-9(12(16)17)5-8(13)6-14-11/h5-7,10H,2-4,13H2,1H3,(H,14,15)(H,16,17). The van der Waals surface area contributed by atoms with E-state index in [-0.39, 0.29) is 5.56 Å². The van der Waals surface area contributed by atoms with E-state index in [9.17, 15) is 4.79 Å². The van der Waals surface area contributed by atoms with E-state index in [0.29, 0.717) is 23.5 Å². The van der Waals surface area contributed by atoms with Crippen molar-refractivity contribution >= 4 is 17.5 Å². The predicted molar refractivity (Wildman–Crippen MR) is 66.0 cm³/mol. The minimum atomic E-state index is -1.00. The van der Waals surface area contributed by atoms with Crippen LogP contribution in [-0.4, -0.2) is 22.1 Å². The van der Waals surface area contributed by atoms with Crippen molar-refractivity contribution in [3.05, 3.63) is 17.8 Å². The average molecular weight is 235 g/mol. The maximum Gasteiger partial charge on any atom is 0.339 e. The monoisotopic (exact) mass is 235 g/mol. The summed E-state index contributed by atoms with van der Waals surface area (Å²) in [7, 11) is 0. The zero-order chi connectivity index (χ0) is 12.4. The summed E-state index contributed by atoms with van der Waals surface area (Å²) in [5, 5.41) is 12.3. The highest BCUT2D eigenvalue weighted by atomic mass is 16.4. The van der Waals surface area contributed by atoms with Gasteiger partial charge in [-0.3, -0.25) is 0 Å². The van der Waals surface area contributed by atoms with Crippen LogP contribution in [0, 0.1) is 5.92 Å². The summed E-state index contributed by atoms with van der Waals surface area (Å²) >= 11 is 0. The summed E-state index contributed by atoms with van der Waals surface area (Å²) in [6.07, 6.45) is 4.89. The van der Waals surface area contributed by atoms with Gasteiger partial charge in [-0.2, -0.15) is 0 Å². The largest absolute Gasteiger partial charge is 0.478 e. The van der Waals surface area contributed by atoms with Gasteiger partial charge >= 0.3 is 5.97 Å². The molecule has 2 rings (SSSR count). The molecular formula is C12H17N3O2. The molecule has 1 aliphatic rings. The number of rotatable bonds is 3. The van der Waals surface area contributed by atoms with Gasteiger partial charge in [-0.25, -0.2) is 9.78 Å². The molecule has 1 aromatic heterocycles. The molecule has 1 aromatic rings. The summed E-state index contributed by atoms with van der Waals surface area (Å²) in [4.78, 5) is 15.2. The van der Waals surface area contributed by atoms with Crippen LogP contribution in [0.4, 0.5) is 11.5 Å². The second kappa shape index (κ2) is 4.61. The van der Waals surface area contributed by atoms with Gasteiger partial charge in [0.05, 0.1) is 11.9 Å². The molecule has 2 unspecified atom stereocenters. The lowest BCUT2D eigenvalue weighted by Gasteiger charge is -2.19.